The molecule has 1 saturated heterocycles. The van der Waals surface area contributed by atoms with Crippen molar-refractivity contribution in [3.63, 3.8) is 0 Å². The third-order valence-electron chi connectivity index (χ3n) is 4.32. The van der Waals surface area contributed by atoms with Gasteiger partial charge in [-0.25, -0.2) is 9.59 Å². The van der Waals surface area contributed by atoms with E-state index in [0.717, 1.165) is 24.2 Å². The van der Waals surface area contributed by atoms with E-state index in [2.05, 4.69) is 10.1 Å². The lowest BCUT2D eigenvalue weighted by molar-refractivity contribution is -0.137. The highest BCUT2D eigenvalue weighted by Gasteiger charge is 2.55. The Morgan fingerprint density at radius 2 is 2.14 bits per heavy atom. The van der Waals surface area contributed by atoms with Gasteiger partial charge in [-0.1, -0.05) is 19.8 Å². The van der Waals surface area contributed by atoms with Crippen LogP contribution in [0.15, 0.2) is 0 Å². The maximum absolute atomic E-state index is 12.6. The SMILES string of the molecule is CCOC(=O)NC(=O)CN1C(=O)N[C@]2(CCCC[C@H]2C)C1=O. The number of urea groups is 1. The first kappa shape index (κ1) is 16.3. The summed E-state index contributed by atoms with van der Waals surface area (Å²) in [4.78, 5) is 48.4. The largest absolute Gasteiger partial charge is 0.450 e. The number of alkyl carbamates (subject to hydrolysis) is 1. The van der Waals surface area contributed by atoms with E-state index in [-0.39, 0.29) is 18.4 Å². The second-order valence-corrected chi connectivity index (χ2v) is 5.71. The molecule has 2 rings (SSSR count). The summed E-state index contributed by atoms with van der Waals surface area (Å²) in [6, 6.07) is -0.585. The zero-order chi connectivity index (χ0) is 16.3. The van der Waals surface area contributed by atoms with E-state index in [9.17, 15) is 19.2 Å². The monoisotopic (exact) mass is 311 g/mol. The normalized spacial score (nSPS) is 27.7. The van der Waals surface area contributed by atoms with Crippen molar-refractivity contribution >= 4 is 23.9 Å². The van der Waals surface area contributed by atoms with Crippen LogP contribution in [0.4, 0.5) is 9.59 Å². The summed E-state index contributed by atoms with van der Waals surface area (Å²) in [7, 11) is 0. The molecule has 2 aliphatic rings. The van der Waals surface area contributed by atoms with Crippen molar-refractivity contribution in [2.75, 3.05) is 13.2 Å². The van der Waals surface area contributed by atoms with Gasteiger partial charge in [0, 0.05) is 0 Å². The molecule has 2 atom stereocenters. The van der Waals surface area contributed by atoms with E-state index in [0.29, 0.717) is 6.42 Å². The minimum atomic E-state index is -0.903. The van der Waals surface area contributed by atoms with Crippen LogP contribution in [-0.2, 0) is 14.3 Å². The number of carbonyl (C=O) groups excluding carboxylic acids is 4. The molecule has 122 valence electrons. The first-order valence-corrected chi connectivity index (χ1v) is 7.51. The Hall–Kier alpha value is -2.12. The molecule has 5 amide bonds. The first-order valence-electron chi connectivity index (χ1n) is 7.51. The van der Waals surface area contributed by atoms with Gasteiger partial charge in [0.05, 0.1) is 6.61 Å². The number of hydrogen-bond acceptors (Lipinski definition) is 5. The van der Waals surface area contributed by atoms with Gasteiger partial charge in [-0.3, -0.25) is 19.8 Å². The Labute approximate surface area is 128 Å². The Balaban J connectivity index is 2.03. The molecule has 2 fully saturated rings. The average Bonchev–Trinajstić information content (AvgIpc) is 2.68. The van der Waals surface area contributed by atoms with Crippen LogP contribution in [0, 0.1) is 5.92 Å². The quantitative estimate of drug-likeness (QED) is 0.749. The van der Waals surface area contributed by atoms with E-state index in [1.54, 1.807) is 6.92 Å². The lowest BCUT2D eigenvalue weighted by Crippen LogP contribution is -2.54. The number of rotatable bonds is 3. The molecule has 0 bridgehead atoms. The number of nitrogens with zero attached hydrogens (tertiary/aromatic N) is 1. The van der Waals surface area contributed by atoms with E-state index < -0.39 is 30.1 Å². The summed E-state index contributed by atoms with van der Waals surface area (Å²) in [6.45, 7) is 3.18. The van der Waals surface area contributed by atoms with Crippen molar-refractivity contribution in [2.24, 2.45) is 5.92 Å². The summed E-state index contributed by atoms with van der Waals surface area (Å²) >= 11 is 0. The third-order valence-corrected chi connectivity index (χ3v) is 4.32. The minimum Gasteiger partial charge on any atom is -0.450 e. The Bertz CT molecular complexity index is 507. The van der Waals surface area contributed by atoms with Crippen molar-refractivity contribution in [1.29, 1.82) is 0 Å². The van der Waals surface area contributed by atoms with Crippen LogP contribution >= 0.6 is 0 Å². The molecule has 2 N–H and O–H groups in total. The van der Waals surface area contributed by atoms with Gasteiger partial charge in [0.25, 0.3) is 5.91 Å². The summed E-state index contributed by atoms with van der Waals surface area (Å²) in [5, 5.41) is 4.72. The van der Waals surface area contributed by atoms with Crippen molar-refractivity contribution in [2.45, 2.75) is 45.1 Å². The molecule has 1 aliphatic carbocycles. The zero-order valence-corrected chi connectivity index (χ0v) is 12.8. The molecule has 22 heavy (non-hydrogen) atoms. The minimum absolute atomic E-state index is 0.0239. The Morgan fingerprint density at radius 3 is 2.77 bits per heavy atom. The number of amides is 5. The highest BCUT2D eigenvalue weighted by atomic mass is 16.5. The van der Waals surface area contributed by atoms with Gasteiger partial charge in [0.1, 0.15) is 12.1 Å². The molecule has 1 aliphatic heterocycles. The van der Waals surface area contributed by atoms with Crippen LogP contribution in [0.25, 0.3) is 0 Å². The topological polar surface area (TPSA) is 105 Å². The summed E-state index contributed by atoms with van der Waals surface area (Å²) in [5.74, 6) is -1.11. The number of nitrogens with one attached hydrogen (secondary N) is 2. The molecule has 0 aromatic heterocycles. The number of carbonyl (C=O) groups is 4. The molecule has 0 radical (unpaired) electrons. The molecule has 0 unspecified atom stereocenters. The van der Waals surface area contributed by atoms with E-state index in [1.165, 1.54) is 0 Å². The lowest BCUT2D eigenvalue weighted by Gasteiger charge is -2.36. The highest BCUT2D eigenvalue weighted by Crippen LogP contribution is 2.38. The maximum Gasteiger partial charge on any atom is 0.413 e. The van der Waals surface area contributed by atoms with Gasteiger partial charge >= 0.3 is 12.1 Å². The fraction of sp³-hybridized carbons (Fsp3) is 0.714. The average molecular weight is 311 g/mol. The second-order valence-electron chi connectivity index (χ2n) is 5.71. The van der Waals surface area contributed by atoms with Crippen LogP contribution in [-0.4, -0.2) is 47.5 Å². The standard InChI is InChI=1S/C14H21N3O5/c1-3-22-13(21)15-10(18)8-17-11(19)14(16-12(17)20)7-5-4-6-9(14)2/h9H,3-8H2,1-2H3,(H,16,20)(H,15,18,21)/t9-,14+/m1/s1. The van der Waals surface area contributed by atoms with E-state index in [4.69, 9.17) is 0 Å². The molecular formula is C14H21N3O5. The molecule has 0 aromatic carbocycles. The smallest absolute Gasteiger partial charge is 0.413 e. The van der Waals surface area contributed by atoms with Crippen LogP contribution in [0.5, 0.6) is 0 Å². The molecular weight excluding hydrogens is 290 g/mol. The molecule has 0 aromatic rings. The lowest BCUT2D eigenvalue weighted by atomic mass is 9.73. The predicted octanol–water partition coefficient (Wildman–Crippen LogP) is 0.760. The van der Waals surface area contributed by atoms with Crippen LogP contribution in [0.3, 0.4) is 0 Å². The van der Waals surface area contributed by atoms with Crippen molar-refractivity contribution in [3.05, 3.63) is 0 Å². The van der Waals surface area contributed by atoms with Gasteiger partial charge in [-0.05, 0) is 25.7 Å². The number of ether oxygens (including phenoxy) is 1. The van der Waals surface area contributed by atoms with Crippen molar-refractivity contribution in [1.82, 2.24) is 15.5 Å². The molecule has 8 heteroatoms. The van der Waals surface area contributed by atoms with Gasteiger partial charge in [-0.2, -0.15) is 0 Å². The highest BCUT2D eigenvalue weighted by molar-refractivity contribution is 6.10. The van der Waals surface area contributed by atoms with Crippen molar-refractivity contribution < 1.29 is 23.9 Å². The van der Waals surface area contributed by atoms with Crippen LogP contribution in [0.2, 0.25) is 0 Å². The second kappa shape index (κ2) is 6.33. The number of imide groups is 2. The summed E-state index contributed by atoms with van der Waals surface area (Å²) in [5.41, 5.74) is -0.903. The fourth-order valence-corrected chi connectivity index (χ4v) is 3.10. The number of hydrogen-bond donors (Lipinski definition) is 2. The molecule has 8 nitrogen and oxygen atoms in total. The predicted molar refractivity (Wildman–Crippen MR) is 75.8 cm³/mol. The third kappa shape index (κ3) is 2.90. The zero-order valence-electron chi connectivity index (χ0n) is 12.8. The molecule has 1 heterocycles. The van der Waals surface area contributed by atoms with Crippen molar-refractivity contribution in [3.8, 4) is 0 Å². The maximum atomic E-state index is 12.6. The van der Waals surface area contributed by atoms with E-state index >= 15 is 0 Å². The van der Waals surface area contributed by atoms with Gasteiger partial charge < -0.3 is 10.1 Å². The fourth-order valence-electron chi connectivity index (χ4n) is 3.10. The van der Waals surface area contributed by atoms with Gasteiger partial charge in [0.15, 0.2) is 0 Å². The Kier molecular flexibility index (Phi) is 4.68. The molecule has 1 spiro atoms. The first-order chi connectivity index (χ1) is 10.4. The van der Waals surface area contributed by atoms with Crippen LogP contribution < -0.4 is 10.6 Å². The van der Waals surface area contributed by atoms with Crippen LogP contribution in [0.1, 0.15) is 39.5 Å². The molecule has 1 saturated carbocycles. The van der Waals surface area contributed by atoms with Gasteiger partial charge in [0.2, 0.25) is 5.91 Å². The van der Waals surface area contributed by atoms with Gasteiger partial charge in [-0.15, -0.1) is 0 Å². The summed E-state index contributed by atoms with van der Waals surface area (Å²) in [6.07, 6.45) is 2.43. The summed E-state index contributed by atoms with van der Waals surface area (Å²) < 4.78 is 4.58. The Morgan fingerprint density at radius 1 is 1.41 bits per heavy atom. The van der Waals surface area contributed by atoms with E-state index in [1.807, 2.05) is 12.2 Å².